The molecule has 1 aliphatic heterocycles. The Hall–Kier alpha value is -2.12. The first kappa shape index (κ1) is 22.6. The van der Waals surface area contributed by atoms with Gasteiger partial charge >= 0.3 is 6.18 Å². The minimum atomic E-state index is -4.37. The molecule has 0 amide bonds. The molecule has 3 rings (SSSR count). The van der Waals surface area contributed by atoms with Gasteiger partial charge in [-0.1, -0.05) is 30.4 Å². The van der Waals surface area contributed by atoms with Crippen LogP contribution in [-0.2, 0) is 20.7 Å². The second-order valence-electron chi connectivity index (χ2n) is 7.64. The summed E-state index contributed by atoms with van der Waals surface area (Å²) in [5.74, 6) is 0.802. The summed E-state index contributed by atoms with van der Waals surface area (Å²) in [5, 5.41) is 0. The van der Waals surface area contributed by atoms with Crippen LogP contribution in [0.3, 0.4) is 0 Å². The van der Waals surface area contributed by atoms with Crippen LogP contribution in [0.15, 0.2) is 48.6 Å². The van der Waals surface area contributed by atoms with Crippen LogP contribution < -0.4 is 4.74 Å². The number of allylic oxidation sites excluding steroid dienone is 2. The maximum absolute atomic E-state index is 12.8. The third-order valence-electron chi connectivity index (χ3n) is 5.51. The average molecular weight is 424 g/mol. The number of benzene rings is 1. The predicted octanol–water partition coefficient (Wildman–Crippen LogP) is 5.68. The van der Waals surface area contributed by atoms with Crippen molar-refractivity contribution in [3.8, 4) is 5.75 Å². The van der Waals surface area contributed by atoms with Crippen molar-refractivity contribution >= 4 is 6.29 Å². The van der Waals surface area contributed by atoms with E-state index in [1.807, 2.05) is 6.08 Å². The van der Waals surface area contributed by atoms with E-state index in [1.54, 1.807) is 0 Å². The molecule has 1 saturated heterocycles. The maximum atomic E-state index is 12.8. The van der Waals surface area contributed by atoms with Crippen molar-refractivity contribution in [1.82, 2.24) is 0 Å². The Morgan fingerprint density at radius 2 is 1.90 bits per heavy atom. The largest absolute Gasteiger partial charge is 0.493 e. The minimum absolute atomic E-state index is 0.0455. The zero-order valence-corrected chi connectivity index (χ0v) is 16.7. The van der Waals surface area contributed by atoms with Gasteiger partial charge in [0.1, 0.15) is 18.1 Å². The van der Waals surface area contributed by atoms with Crippen molar-refractivity contribution in [1.29, 1.82) is 0 Å². The van der Waals surface area contributed by atoms with E-state index in [2.05, 4.69) is 18.2 Å². The molecular formula is C23H27F3O4. The second-order valence-corrected chi connectivity index (χ2v) is 7.64. The predicted molar refractivity (Wildman–Crippen MR) is 106 cm³/mol. The summed E-state index contributed by atoms with van der Waals surface area (Å²) in [6, 6.07) is 4.92. The number of fused-ring (bicyclic) bond motifs is 2. The number of ether oxygens (including phenoxy) is 1. The van der Waals surface area contributed by atoms with Crippen LogP contribution >= 0.6 is 0 Å². The fraction of sp³-hybridized carbons (Fsp3) is 0.522. The highest BCUT2D eigenvalue weighted by Crippen LogP contribution is 2.44. The monoisotopic (exact) mass is 424 g/mol. The number of aldehydes is 1. The van der Waals surface area contributed by atoms with Crippen molar-refractivity contribution in [3.63, 3.8) is 0 Å². The smallest absolute Gasteiger partial charge is 0.416 e. The third kappa shape index (κ3) is 6.19. The first-order valence-electron chi connectivity index (χ1n) is 10.4. The van der Waals surface area contributed by atoms with Crippen molar-refractivity contribution in [2.75, 3.05) is 6.61 Å². The van der Waals surface area contributed by atoms with E-state index in [4.69, 9.17) is 14.5 Å². The van der Waals surface area contributed by atoms with E-state index in [0.717, 1.165) is 44.1 Å². The fourth-order valence-corrected chi connectivity index (χ4v) is 3.97. The molecule has 1 aromatic rings. The first-order valence-corrected chi connectivity index (χ1v) is 10.4. The van der Waals surface area contributed by atoms with Gasteiger partial charge in [-0.2, -0.15) is 13.2 Å². The lowest BCUT2D eigenvalue weighted by atomic mass is 9.89. The summed E-state index contributed by atoms with van der Waals surface area (Å²) in [6.07, 6.45) is 9.79. The van der Waals surface area contributed by atoms with E-state index >= 15 is 0 Å². The number of halogens is 3. The Labute approximate surface area is 174 Å². The van der Waals surface area contributed by atoms with E-state index in [-0.39, 0.29) is 23.9 Å². The molecule has 4 nitrogen and oxygen atoms in total. The Kier molecular flexibility index (Phi) is 8.10. The van der Waals surface area contributed by atoms with Gasteiger partial charge in [0, 0.05) is 24.7 Å². The number of unbranched alkanes of at least 4 members (excludes halogenated alkanes) is 2. The van der Waals surface area contributed by atoms with Gasteiger partial charge < -0.3 is 9.53 Å². The Balaban J connectivity index is 1.44. The molecule has 7 heteroatoms. The lowest BCUT2D eigenvalue weighted by Crippen LogP contribution is -2.28. The molecule has 30 heavy (non-hydrogen) atoms. The lowest BCUT2D eigenvalue weighted by Gasteiger charge is -2.27. The number of carbonyl (C=O) groups is 1. The number of hydrogen-bond donors (Lipinski definition) is 0. The quantitative estimate of drug-likeness (QED) is 0.198. The van der Waals surface area contributed by atoms with E-state index in [0.29, 0.717) is 25.4 Å². The Morgan fingerprint density at radius 1 is 1.07 bits per heavy atom. The summed E-state index contributed by atoms with van der Waals surface area (Å²) in [4.78, 5) is 21.1. The molecule has 1 aliphatic carbocycles. The van der Waals surface area contributed by atoms with Crippen molar-refractivity contribution in [3.05, 3.63) is 54.1 Å². The molecule has 0 radical (unpaired) electrons. The standard InChI is InChI=1S/C23H27F3O4/c24-23(25,26)17-9-8-10-18(15-17)28-14-7-5-12-20-19(21-16-22(20)30-29-21)11-4-2-1-3-6-13-27/h2,4-5,8-10,12-13,15,19-22H,1,3,6-7,11,14,16H2/b4-2-,12-5+/t19-,20?,21+,22-/m1/s1. The molecule has 0 aromatic heterocycles. The average Bonchev–Trinajstić information content (AvgIpc) is 3.32. The molecule has 4 atom stereocenters. The van der Waals surface area contributed by atoms with E-state index < -0.39 is 11.7 Å². The molecule has 2 aliphatic rings. The molecule has 1 heterocycles. The van der Waals surface area contributed by atoms with Gasteiger partial charge in [0.05, 0.1) is 18.3 Å². The summed E-state index contributed by atoms with van der Waals surface area (Å²) < 4.78 is 43.7. The molecular weight excluding hydrogens is 397 g/mol. The molecule has 1 aromatic carbocycles. The molecule has 2 fully saturated rings. The molecule has 164 valence electrons. The van der Waals surface area contributed by atoms with E-state index in [9.17, 15) is 18.0 Å². The highest BCUT2D eigenvalue weighted by atomic mass is 19.4. The first-order chi connectivity index (χ1) is 14.5. The normalized spacial score (nSPS) is 26.1. The number of carbonyl (C=O) groups excluding carboxylic acids is 1. The Morgan fingerprint density at radius 3 is 2.70 bits per heavy atom. The molecule has 1 unspecified atom stereocenters. The molecule has 0 spiro atoms. The van der Waals surface area contributed by atoms with Gasteiger partial charge in [0.15, 0.2) is 0 Å². The number of rotatable bonds is 11. The third-order valence-corrected chi connectivity index (χ3v) is 5.51. The van der Waals surface area contributed by atoms with E-state index in [1.165, 1.54) is 12.1 Å². The minimum Gasteiger partial charge on any atom is -0.493 e. The lowest BCUT2D eigenvalue weighted by molar-refractivity contribution is -0.336. The molecule has 1 saturated carbocycles. The SMILES string of the molecule is O=CCCC/C=C\C[C@@H]1C(/C=C/CCOc2cccc(C(F)(F)F)c2)[C@H]2C[C@@H]1OO2. The zero-order chi connectivity index (χ0) is 21.4. The van der Waals surface area contributed by atoms with Crippen LogP contribution in [-0.4, -0.2) is 25.1 Å². The van der Waals surface area contributed by atoms with Crippen LogP contribution in [0.5, 0.6) is 5.75 Å². The highest BCUT2D eigenvalue weighted by Gasteiger charge is 2.49. The van der Waals surface area contributed by atoms with Crippen LogP contribution in [0.4, 0.5) is 13.2 Å². The van der Waals surface area contributed by atoms with Crippen molar-refractivity contribution < 1.29 is 32.5 Å². The summed E-state index contributed by atoms with van der Waals surface area (Å²) in [6.45, 7) is 0.303. The van der Waals surface area contributed by atoms with Gasteiger partial charge in [-0.25, -0.2) is 9.78 Å². The van der Waals surface area contributed by atoms with Crippen molar-refractivity contribution in [2.24, 2.45) is 11.8 Å². The molecule has 0 N–H and O–H groups in total. The topological polar surface area (TPSA) is 44.8 Å². The highest BCUT2D eigenvalue weighted by molar-refractivity contribution is 5.49. The fourth-order valence-electron chi connectivity index (χ4n) is 3.97. The van der Waals surface area contributed by atoms with Crippen LogP contribution in [0.2, 0.25) is 0 Å². The van der Waals surface area contributed by atoms with Gasteiger partial charge in [0.2, 0.25) is 0 Å². The van der Waals surface area contributed by atoms with Gasteiger partial charge in [-0.15, -0.1) is 0 Å². The second kappa shape index (κ2) is 10.8. The Bertz CT molecular complexity index is 744. The summed E-state index contributed by atoms with van der Waals surface area (Å²) in [7, 11) is 0. The number of hydrogen-bond acceptors (Lipinski definition) is 4. The van der Waals surface area contributed by atoms with Crippen molar-refractivity contribution in [2.45, 2.75) is 56.9 Å². The van der Waals surface area contributed by atoms with Gasteiger partial charge in [-0.3, -0.25) is 0 Å². The van der Waals surface area contributed by atoms with Crippen LogP contribution in [0.25, 0.3) is 0 Å². The van der Waals surface area contributed by atoms with Gasteiger partial charge in [-0.05, 0) is 43.9 Å². The van der Waals surface area contributed by atoms with Crippen LogP contribution in [0.1, 0.15) is 44.1 Å². The summed E-state index contributed by atoms with van der Waals surface area (Å²) in [5.41, 5.74) is -0.711. The van der Waals surface area contributed by atoms with Gasteiger partial charge in [0.25, 0.3) is 0 Å². The summed E-state index contributed by atoms with van der Waals surface area (Å²) >= 11 is 0. The number of alkyl halides is 3. The van der Waals surface area contributed by atoms with Crippen LogP contribution in [0, 0.1) is 11.8 Å². The maximum Gasteiger partial charge on any atom is 0.416 e. The zero-order valence-electron chi connectivity index (χ0n) is 16.7. The molecule has 2 bridgehead atoms.